The normalized spacial score (nSPS) is 14.1. The van der Waals surface area contributed by atoms with E-state index in [2.05, 4.69) is 67.9 Å². The molecular weight excluding hydrogens is 322 g/mol. The Kier molecular flexibility index (Phi) is 7.18. The van der Waals surface area contributed by atoms with Crippen LogP contribution in [0.2, 0.25) is 25.7 Å². The molecule has 2 atom stereocenters. The number of aliphatic hydroxyl groups excluding tert-OH is 1. The quantitative estimate of drug-likeness (QED) is 0.471. The zero-order chi connectivity index (χ0) is 18.3. The summed E-state index contributed by atoms with van der Waals surface area (Å²) in [4.78, 5) is 0. The second-order valence-electron chi connectivity index (χ2n) is 7.97. The number of hydrogen-bond acceptors (Lipinski definition) is 2. The van der Waals surface area contributed by atoms with E-state index in [1.54, 1.807) is 0 Å². The zero-order valence-corrected chi connectivity index (χ0v) is 16.7. The minimum absolute atomic E-state index is 0.0772. The summed E-state index contributed by atoms with van der Waals surface area (Å²) in [6, 6.07) is 21.9. The predicted octanol–water partition coefficient (Wildman–Crippen LogP) is 5.34. The average Bonchev–Trinajstić information content (AvgIpc) is 2.58. The molecule has 0 aliphatic carbocycles. The smallest absolute Gasteiger partial charge is 0.0626 e. The molecule has 0 amide bonds. The summed E-state index contributed by atoms with van der Waals surface area (Å²) in [6.07, 6.45) is 0.900. The molecule has 0 aliphatic heterocycles. The maximum Gasteiger partial charge on any atom is 0.0626 e. The average molecular weight is 354 g/mol. The monoisotopic (exact) mass is 353 g/mol. The summed E-state index contributed by atoms with van der Waals surface area (Å²) in [5, 5.41) is 13.6. The van der Waals surface area contributed by atoms with Crippen LogP contribution in [-0.2, 0) is 0 Å². The summed E-state index contributed by atoms with van der Waals surface area (Å²) in [7, 11) is -1.18. The third kappa shape index (κ3) is 6.62. The molecule has 0 radical (unpaired) electrons. The Hall–Kier alpha value is -1.68. The second-order valence-corrected chi connectivity index (χ2v) is 13.4. The predicted molar refractivity (Wildman–Crippen MR) is 110 cm³/mol. The lowest BCUT2D eigenvalue weighted by molar-refractivity contribution is 0.232. The van der Waals surface area contributed by atoms with Crippen molar-refractivity contribution in [3.05, 3.63) is 83.9 Å². The lowest BCUT2D eigenvalue weighted by atomic mass is 9.97. The van der Waals surface area contributed by atoms with Crippen molar-refractivity contribution in [1.29, 1.82) is 0 Å². The van der Waals surface area contributed by atoms with Gasteiger partial charge < -0.3 is 10.4 Å². The van der Waals surface area contributed by atoms with Crippen molar-refractivity contribution in [3.8, 4) is 0 Å². The van der Waals surface area contributed by atoms with Gasteiger partial charge in [-0.15, -0.1) is 6.58 Å². The molecule has 134 valence electrons. The van der Waals surface area contributed by atoms with Gasteiger partial charge >= 0.3 is 0 Å². The van der Waals surface area contributed by atoms with Crippen LogP contribution in [-0.4, -0.2) is 19.8 Å². The van der Waals surface area contributed by atoms with Gasteiger partial charge in [-0.25, -0.2) is 0 Å². The van der Waals surface area contributed by atoms with E-state index in [9.17, 15) is 5.11 Å². The first-order chi connectivity index (χ1) is 11.9. The van der Waals surface area contributed by atoms with Crippen molar-refractivity contribution in [2.75, 3.05) is 6.61 Å². The topological polar surface area (TPSA) is 32.3 Å². The number of nitrogens with one attached hydrogen (secondary N) is 1. The molecule has 0 unspecified atom stereocenters. The Labute approximate surface area is 153 Å². The van der Waals surface area contributed by atoms with Crippen LogP contribution in [0.4, 0.5) is 0 Å². The summed E-state index contributed by atoms with van der Waals surface area (Å²) in [5.41, 5.74) is 3.65. The van der Waals surface area contributed by atoms with Crippen molar-refractivity contribution in [3.63, 3.8) is 0 Å². The van der Waals surface area contributed by atoms with E-state index in [1.165, 1.54) is 11.1 Å². The van der Waals surface area contributed by atoms with Gasteiger partial charge in [0.15, 0.2) is 0 Å². The number of benzene rings is 2. The molecule has 3 heteroatoms. The van der Waals surface area contributed by atoms with Crippen LogP contribution in [0, 0.1) is 0 Å². The Morgan fingerprint density at radius 3 is 1.84 bits per heavy atom. The van der Waals surface area contributed by atoms with Crippen LogP contribution in [0.25, 0.3) is 0 Å². The number of aliphatic hydroxyl groups is 1. The molecule has 0 aromatic heterocycles. The Bertz CT molecular complexity index is 649. The van der Waals surface area contributed by atoms with E-state index in [1.807, 2.05) is 24.3 Å². The summed E-state index contributed by atoms with van der Waals surface area (Å²) >= 11 is 0. The molecule has 2 aromatic carbocycles. The van der Waals surface area contributed by atoms with Crippen LogP contribution < -0.4 is 5.32 Å². The Morgan fingerprint density at radius 1 is 0.920 bits per heavy atom. The standard InChI is InChI=1S/C22H31NOSi/c1-18(17-25(2,3)4)15-21(19-11-7-5-8-12-19)23-22(16-24)20-13-9-6-10-14-20/h5-14,21-24H,1,15-17H2,2-4H3/t21-,22+/m0/s1. The van der Waals surface area contributed by atoms with Crippen molar-refractivity contribution in [2.45, 2.75) is 44.2 Å². The third-order valence-corrected chi connectivity index (χ3v) is 5.82. The first kappa shape index (κ1) is 19.6. The van der Waals surface area contributed by atoms with Gasteiger partial charge in [0.05, 0.1) is 12.6 Å². The van der Waals surface area contributed by atoms with Crippen LogP contribution in [0.1, 0.15) is 29.6 Å². The lowest BCUT2D eigenvalue weighted by Crippen LogP contribution is -2.30. The highest BCUT2D eigenvalue weighted by Crippen LogP contribution is 2.28. The van der Waals surface area contributed by atoms with Crippen LogP contribution in [0.3, 0.4) is 0 Å². The van der Waals surface area contributed by atoms with Gasteiger partial charge in [0.25, 0.3) is 0 Å². The molecule has 0 spiro atoms. The maximum atomic E-state index is 9.92. The van der Waals surface area contributed by atoms with E-state index in [0.29, 0.717) is 0 Å². The first-order valence-corrected chi connectivity index (χ1v) is 12.7. The Balaban J connectivity index is 2.18. The highest BCUT2D eigenvalue weighted by molar-refractivity contribution is 6.76. The van der Waals surface area contributed by atoms with E-state index in [4.69, 9.17) is 0 Å². The Morgan fingerprint density at radius 2 is 1.40 bits per heavy atom. The van der Waals surface area contributed by atoms with Gasteiger partial charge in [0.1, 0.15) is 0 Å². The largest absolute Gasteiger partial charge is 0.394 e. The molecule has 2 aromatic rings. The van der Waals surface area contributed by atoms with Gasteiger partial charge in [-0.1, -0.05) is 85.9 Å². The molecule has 0 fully saturated rings. The summed E-state index contributed by atoms with van der Waals surface area (Å²) in [6.45, 7) is 11.6. The molecule has 0 saturated carbocycles. The molecule has 25 heavy (non-hydrogen) atoms. The van der Waals surface area contributed by atoms with Crippen molar-refractivity contribution in [1.82, 2.24) is 5.32 Å². The second kappa shape index (κ2) is 9.14. The van der Waals surface area contributed by atoms with Gasteiger partial charge in [-0.3, -0.25) is 0 Å². The summed E-state index contributed by atoms with van der Waals surface area (Å²) < 4.78 is 0. The van der Waals surface area contributed by atoms with Crippen LogP contribution in [0.5, 0.6) is 0 Å². The number of rotatable bonds is 9. The van der Waals surface area contributed by atoms with E-state index < -0.39 is 8.07 Å². The highest BCUT2D eigenvalue weighted by Gasteiger charge is 2.21. The van der Waals surface area contributed by atoms with Gasteiger partial charge in [-0.05, 0) is 23.6 Å². The molecule has 0 saturated heterocycles. The van der Waals surface area contributed by atoms with E-state index in [0.717, 1.165) is 18.0 Å². The molecule has 0 bridgehead atoms. The highest BCUT2D eigenvalue weighted by atomic mass is 28.3. The molecular formula is C22H31NOSi. The number of hydrogen-bond donors (Lipinski definition) is 2. The lowest BCUT2D eigenvalue weighted by Gasteiger charge is -2.27. The van der Waals surface area contributed by atoms with Gasteiger partial charge in [0, 0.05) is 14.1 Å². The molecule has 2 N–H and O–H groups in total. The zero-order valence-electron chi connectivity index (χ0n) is 15.7. The molecule has 0 aliphatic rings. The molecule has 2 rings (SSSR count). The SMILES string of the molecule is C=C(C[C@H](N[C@H](CO)c1ccccc1)c1ccccc1)C[Si](C)(C)C. The fraction of sp³-hybridized carbons (Fsp3) is 0.364. The van der Waals surface area contributed by atoms with Gasteiger partial charge in [0.2, 0.25) is 0 Å². The fourth-order valence-electron chi connectivity index (χ4n) is 3.25. The van der Waals surface area contributed by atoms with Crippen molar-refractivity contribution in [2.24, 2.45) is 0 Å². The van der Waals surface area contributed by atoms with Crippen molar-refractivity contribution >= 4 is 8.07 Å². The minimum atomic E-state index is -1.18. The van der Waals surface area contributed by atoms with Crippen LogP contribution >= 0.6 is 0 Å². The molecule has 2 nitrogen and oxygen atoms in total. The van der Waals surface area contributed by atoms with E-state index in [-0.39, 0.29) is 18.7 Å². The van der Waals surface area contributed by atoms with E-state index >= 15 is 0 Å². The fourth-order valence-corrected chi connectivity index (χ4v) is 4.90. The van der Waals surface area contributed by atoms with Crippen LogP contribution in [0.15, 0.2) is 72.8 Å². The summed E-state index contributed by atoms with van der Waals surface area (Å²) in [5.74, 6) is 0. The molecule has 0 heterocycles. The minimum Gasteiger partial charge on any atom is -0.394 e. The van der Waals surface area contributed by atoms with Crippen molar-refractivity contribution < 1.29 is 5.11 Å². The van der Waals surface area contributed by atoms with Gasteiger partial charge in [-0.2, -0.15) is 0 Å². The maximum absolute atomic E-state index is 9.92. The third-order valence-electron chi connectivity index (χ3n) is 4.26. The first-order valence-electron chi connectivity index (χ1n) is 9.02.